The molecule has 1 unspecified atom stereocenters. The van der Waals surface area contributed by atoms with Crippen LogP contribution in [0.5, 0.6) is 11.5 Å². The smallest absolute Gasteiger partial charge is 0.306 e. The van der Waals surface area contributed by atoms with Crippen molar-refractivity contribution in [2.45, 2.75) is 13.3 Å². The molecule has 2 aromatic rings. The molecular weight excluding hydrogens is 348 g/mol. The fourth-order valence-electron chi connectivity index (χ4n) is 2.36. The van der Waals surface area contributed by atoms with Crippen molar-refractivity contribution in [2.75, 3.05) is 19.0 Å². The maximum Gasteiger partial charge on any atom is 0.306 e. The predicted octanol–water partition coefficient (Wildman–Crippen LogP) is 2.85. The van der Waals surface area contributed by atoms with Crippen LogP contribution in [0.1, 0.15) is 18.1 Å². The van der Waals surface area contributed by atoms with E-state index in [0.717, 1.165) is 5.56 Å². The molecule has 27 heavy (non-hydrogen) atoms. The molecule has 0 fully saturated rings. The van der Waals surface area contributed by atoms with E-state index in [2.05, 4.69) is 5.32 Å². The molecule has 2 aromatic carbocycles. The summed E-state index contributed by atoms with van der Waals surface area (Å²) in [6.07, 6.45) is 0.422. The number of hydrogen-bond donors (Lipinski definition) is 2. The lowest BCUT2D eigenvalue weighted by molar-refractivity contribution is -0.141. The zero-order valence-corrected chi connectivity index (χ0v) is 15.1. The number of carboxylic acids is 1. The number of nitrogens with zero attached hydrogens (tertiary/aromatic N) is 1. The Bertz CT molecular complexity index is 856. The first kappa shape index (κ1) is 19.8. The van der Waals surface area contributed by atoms with Crippen molar-refractivity contribution >= 4 is 17.6 Å². The molecule has 1 atom stereocenters. The number of amides is 1. The quantitative estimate of drug-likeness (QED) is 0.742. The molecule has 7 heteroatoms. The van der Waals surface area contributed by atoms with Gasteiger partial charge in [-0.25, -0.2) is 0 Å². The molecule has 2 N–H and O–H groups in total. The first-order valence-corrected chi connectivity index (χ1v) is 8.25. The molecular formula is C20H20N2O5. The van der Waals surface area contributed by atoms with Gasteiger partial charge in [-0.3, -0.25) is 9.59 Å². The van der Waals surface area contributed by atoms with Crippen molar-refractivity contribution in [2.24, 2.45) is 5.92 Å². The van der Waals surface area contributed by atoms with Gasteiger partial charge in [-0.05, 0) is 36.2 Å². The number of methoxy groups -OCH3 is 1. The van der Waals surface area contributed by atoms with E-state index in [1.165, 1.54) is 13.2 Å². The number of nitriles is 1. The van der Waals surface area contributed by atoms with Crippen molar-refractivity contribution in [1.82, 2.24) is 0 Å². The minimum absolute atomic E-state index is 0.222. The molecule has 2 rings (SSSR count). The Balaban J connectivity index is 1.91. The Hall–Kier alpha value is -3.53. The molecule has 0 spiro atoms. The summed E-state index contributed by atoms with van der Waals surface area (Å²) in [5, 5.41) is 20.5. The van der Waals surface area contributed by atoms with Gasteiger partial charge in [0.1, 0.15) is 0 Å². The van der Waals surface area contributed by atoms with Gasteiger partial charge in [-0.2, -0.15) is 5.26 Å². The molecule has 0 aliphatic carbocycles. The second-order valence-electron chi connectivity index (χ2n) is 5.95. The Morgan fingerprint density at radius 3 is 2.48 bits per heavy atom. The van der Waals surface area contributed by atoms with Crippen molar-refractivity contribution in [3.63, 3.8) is 0 Å². The van der Waals surface area contributed by atoms with E-state index >= 15 is 0 Å². The molecule has 0 saturated heterocycles. The van der Waals surface area contributed by atoms with E-state index in [4.69, 9.17) is 19.8 Å². The Morgan fingerprint density at radius 2 is 1.89 bits per heavy atom. The number of carbonyl (C=O) groups excluding carboxylic acids is 1. The topological polar surface area (TPSA) is 109 Å². The molecule has 0 bridgehead atoms. The molecule has 140 valence electrons. The van der Waals surface area contributed by atoms with Gasteiger partial charge >= 0.3 is 5.97 Å². The number of carboxylic acid groups (broad SMARTS) is 1. The Morgan fingerprint density at radius 1 is 1.19 bits per heavy atom. The highest BCUT2D eigenvalue weighted by Crippen LogP contribution is 2.27. The van der Waals surface area contributed by atoms with E-state index in [1.54, 1.807) is 43.3 Å². The van der Waals surface area contributed by atoms with Gasteiger partial charge in [0.15, 0.2) is 18.1 Å². The maximum atomic E-state index is 12.1. The second kappa shape index (κ2) is 9.25. The van der Waals surface area contributed by atoms with Crippen LogP contribution in [0, 0.1) is 17.2 Å². The number of carbonyl (C=O) groups is 2. The normalized spacial score (nSPS) is 11.1. The fourth-order valence-corrected chi connectivity index (χ4v) is 2.36. The number of nitrogens with one attached hydrogen (secondary N) is 1. The van der Waals surface area contributed by atoms with Crippen LogP contribution in [0.3, 0.4) is 0 Å². The first-order chi connectivity index (χ1) is 12.9. The van der Waals surface area contributed by atoms with Crippen LogP contribution in [-0.2, 0) is 16.0 Å². The number of benzene rings is 2. The SMILES string of the molecule is COc1cc(C#N)ccc1OCC(=O)Nc1ccc(CC(C)C(=O)O)cc1. The molecule has 0 saturated carbocycles. The van der Waals surface area contributed by atoms with Crippen LogP contribution < -0.4 is 14.8 Å². The van der Waals surface area contributed by atoms with Crippen LogP contribution in [0.25, 0.3) is 0 Å². The van der Waals surface area contributed by atoms with Crippen molar-refractivity contribution in [3.8, 4) is 17.6 Å². The Labute approximate surface area is 157 Å². The largest absolute Gasteiger partial charge is 0.493 e. The molecule has 0 heterocycles. The monoisotopic (exact) mass is 368 g/mol. The summed E-state index contributed by atoms with van der Waals surface area (Å²) in [7, 11) is 1.45. The lowest BCUT2D eigenvalue weighted by Gasteiger charge is -2.11. The second-order valence-corrected chi connectivity index (χ2v) is 5.95. The third-order valence-corrected chi connectivity index (χ3v) is 3.85. The van der Waals surface area contributed by atoms with Gasteiger partial charge in [-0.15, -0.1) is 0 Å². The minimum Gasteiger partial charge on any atom is -0.493 e. The van der Waals surface area contributed by atoms with E-state index in [9.17, 15) is 9.59 Å². The van der Waals surface area contributed by atoms with Crippen molar-refractivity contribution in [3.05, 3.63) is 53.6 Å². The lowest BCUT2D eigenvalue weighted by Crippen LogP contribution is -2.20. The van der Waals surface area contributed by atoms with Crippen molar-refractivity contribution < 1.29 is 24.2 Å². The zero-order valence-electron chi connectivity index (χ0n) is 15.1. The zero-order chi connectivity index (χ0) is 19.8. The average Bonchev–Trinajstić information content (AvgIpc) is 2.67. The van der Waals surface area contributed by atoms with E-state index < -0.39 is 11.9 Å². The minimum atomic E-state index is -0.845. The fraction of sp³-hybridized carbons (Fsp3) is 0.250. The van der Waals surface area contributed by atoms with Crippen LogP contribution in [0.15, 0.2) is 42.5 Å². The molecule has 7 nitrogen and oxygen atoms in total. The molecule has 0 aliphatic heterocycles. The maximum absolute atomic E-state index is 12.1. The summed E-state index contributed by atoms with van der Waals surface area (Å²) in [4.78, 5) is 22.9. The van der Waals surface area contributed by atoms with Gasteiger partial charge in [0, 0.05) is 11.8 Å². The van der Waals surface area contributed by atoms with Gasteiger partial charge in [0.05, 0.1) is 24.7 Å². The summed E-state index contributed by atoms with van der Waals surface area (Å²) >= 11 is 0. The van der Waals surface area contributed by atoms with E-state index in [0.29, 0.717) is 29.2 Å². The molecule has 1 amide bonds. The molecule has 0 aromatic heterocycles. The number of rotatable bonds is 8. The number of anilines is 1. The van der Waals surface area contributed by atoms with Crippen LogP contribution in [0.4, 0.5) is 5.69 Å². The Kier molecular flexibility index (Phi) is 6.78. The third kappa shape index (κ3) is 5.75. The molecule has 0 radical (unpaired) electrons. The summed E-state index contributed by atoms with van der Waals surface area (Å²) < 4.78 is 10.6. The first-order valence-electron chi connectivity index (χ1n) is 8.25. The van der Waals surface area contributed by atoms with Gasteiger partial charge in [0.2, 0.25) is 0 Å². The average molecular weight is 368 g/mol. The highest BCUT2D eigenvalue weighted by Gasteiger charge is 2.12. The predicted molar refractivity (Wildman–Crippen MR) is 98.8 cm³/mol. The van der Waals surface area contributed by atoms with Gasteiger partial charge in [-0.1, -0.05) is 19.1 Å². The summed E-state index contributed by atoms with van der Waals surface area (Å²) in [6.45, 7) is 1.42. The van der Waals surface area contributed by atoms with E-state index in [-0.39, 0.29) is 12.5 Å². The van der Waals surface area contributed by atoms with Crippen molar-refractivity contribution in [1.29, 1.82) is 5.26 Å². The van der Waals surface area contributed by atoms with Crippen LogP contribution in [-0.4, -0.2) is 30.7 Å². The highest BCUT2D eigenvalue weighted by molar-refractivity contribution is 5.91. The van der Waals surface area contributed by atoms with Gasteiger partial charge in [0.25, 0.3) is 5.91 Å². The number of ether oxygens (including phenoxy) is 2. The lowest BCUT2D eigenvalue weighted by atomic mass is 10.0. The molecule has 0 aliphatic rings. The number of aliphatic carboxylic acids is 1. The standard InChI is InChI=1S/C20H20N2O5/c1-13(20(24)25)9-14-3-6-16(7-4-14)22-19(23)12-27-17-8-5-15(11-21)10-18(17)26-2/h3-8,10,13H,9,12H2,1-2H3,(H,22,23)(H,24,25). The summed E-state index contributed by atoms with van der Waals surface area (Å²) in [5.41, 5.74) is 1.89. The highest BCUT2D eigenvalue weighted by atomic mass is 16.5. The summed E-state index contributed by atoms with van der Waals surface area (Å²) in [5.74, 6) is -0.930. The van der Waals surface area contributed by atoms with Crippen LogP contribution in [0.2, 0.25) is 0 Å². The van der Waals surface area contributed by atoms with Gasteiger partial charge < -0.3 is 19.9 Å². The van der Waals surface area contributed by atoms with E-state index in [1.807, 2.05) is 6.07 Å². The van der Waals surface area contributed by atoms with Crippen LogP contribution >= 0.6 is 0 Å². The third-order valence-electron chi connectivity index (χ3n) is 3.85. The number of hydrogen-bond acceptors (Lipinski definition) is 5. The summed E-state index contributed by atoms with van der Waals surface area (Å²) in [6, 6.07) is 13.7.